The Morgan fingerprint density at radius 2 is 1.44 bits per heavy atom. The van der Waals surface area contributed by atoms with E-state index in [0.717, 1.165) is 33.8 Å². The molecule has 6 heteroatoms. The molecular formula is C21H15Cl2N3O. The van der Waals surface area contributed by atoms with Gasteiger partial charge in [0.05, 0.1) is 12.8 Å². The standard InChI is InChI=1S/C21H15Cl2N3O/c1-27-17-10-11-19-18(12-17)20(13-2-6-15(22)7-3-13)25-26-21(24-19)14-4-8-16(23)9-5-14/h2-12H,1H3,(H,24,26). The van der Waals surface area contributed by atoms with Crippen LogP contribution in [0.5, 0.6) is 5.75 Å². The Morgan fingerprint density at radius 1 is 0.815 bits per heavy atom. The number of methoxy groups -OCH3 is 1. The lowest BCUT2D eigenvalue weighted by Crippen LogP contribution is -2.19. The molecule has 0 aliphatic carbocycles. The lowest BCUT2D eigenvalue weighted by Gasteiger charge is -2.09. The molecule has 27 heavy (non-hydrogen) atoms. The first-order chi connectivity index (χ1) is 13.1. The maximum Gasteiger partial charge on any atom is 0.154 e. The number of halogens is 2. The summed E-state index contributed by atoms with van der Waals surface area (Å²) in [6.45, 7) is 0. The maximum absolute atomic E-state index is 6.04. The summed E-state index contributed by atoms with van der Waals surface area (Å²) in [4.78, 5) is 4.77. The van der Waals surface area contributed by atoms with Crippen LogP contribution in [0.2, 0.25) is 10.0 Å². The van der Waals surface area contributed by atoms with E-state index in [1.165, 1.54) is 0 Å². The first-order valence-corrected chi connectivity index (χ1v) is 9.02. The fraction of sp³-hybridized carbons (Fsp3) is 0.0476. The van der Waals surface area contributed by atoms with Crippen LogP contribution >= 0.6 is 23.2 Å². The Hall–Kier alpha value is -2.82. The molecule has 0 saturated heterocycles. The molecule has 0 aromatic heterocycles. The Morgan fingerprint density at radius 3 is 2.07 bits per heavy atom. The predicted octanol–water partition coefficient (Wildman–Crippen LogP) is 5.44. The Kier molecular flexibility index (Phi) is 4.84. The highest BCUT2D eigenvalue weighted by Crippen LogP contribution is 2.30. The topological polar surface area (TPSA) is 46.0 Å². The third-order valence-corrected chi connectivity index (χ3v) is 4.70. The summed E-state index contributed by atoms with van der Waals surface area (Å²) in [5.41, 5.74) is 7.32. The molecule has 0 fully saturated rings. The van der Waals surface area contributed by atoms with Crippen molar-refractivity contribution in [3.8, 4) is 5.75 Å². The van der Waals surface area contributed by atoms with Crippen molar-refractivity contribution in [1.82, 2.24) is 5.43 Å². The number of nitrogens with one attached hydrogen (secondary N) is 1. The smallest absolute Gasteiger partial charge is 0.154 e. The summed E-state index contributed by atoms with van der Waals surface area (Å²) in [5, 5.41) is 5.97. The van der Waals surface area contributed by atoms with Gasteiger partial charge in [-0.05, 0) is 54.6 Å². The molecule has 1 aliphatic rings. The van der Waals surface area contributed by atoms with Gasteiger partial charge in [0, 0.05) is 26.7 Å². The molecule has 0 spiro atoms. The second kappa shape index (κ2) is 7.43. The van der Waals surface area contributed by atoms with Crippen LogP contribution in [-0.4, -0.2) is 18.7 Å². The molecule has 0 bridgehead atoms. The lowest BCUT2D eigenvalue weighted by atomic mass is 10.0. The summed E-state index contributed by atoms with van der Waals surface area (Å²) < 4.78 is 5.39. The predicted molar refractivity (Wildman–Crippen MR) is 111 cm³/mol. The molecule has 1 heterocycles. The SMILES string of the molecule is COc1ccc2c(c1)C(c1ccc(Cl)cc1)=NNC(c1ccc(Cl)cc1)=N2. The number of rotatable bonds is 3. The van der Waals surface area contributed by atoms with E-state index in [-0.39, 0.29) is 0 Å². The van der Waals surface area contributed by atoms with Crippen LogP contribution < -0.4 is 10.2 Å². The number of fused-ring (bicyclic) bond motifs is 1. The van der Waals surface area contributed by atoms with E-state index >= 15 is 0 Å². The van der Waals surface area contributed by atoms with E-state index < -0.39 is 0 Å². The molecule has 0 atom stereocenters. The van der Waals surface area contributed by atoms with Gasteiger partial charge in [-0.2, -0.15) is 5.10 Å². The van der Waals surface area contributed by atoms with E-state index in [1.54, 1.807) is 7.11 Å². The highest BCUT2D eigenvalue weighted by atomic mass is 35.5. The minimum Gasteiger partial charge on any atom is -0.497 e. The summed E-state index contributed by atoms with van der Waals surface area (Å²) in [7, 11) is 1.64. The van der Waals surface area contributed by atoms with Gasteiger partial charge in [-0.1, -0.05) is 35.3 Å². The highest BCUT2D eigenvalue weighted by Gasteiger charge is 2.18. The van der Waals surface area contributed by atoms with Gasteiger partial charge in [-0.3, -0.25) is 5.43 Å². The zero-order valence-corrected chi connectivity index (χ0v) is 15.9. The maximum atomic E-state index is 6.04. The first kappa shape index (κ1) is 17.6. The molecule has 1 N–H and O–H groups in total. The van der Waals surface area contributed by atoms with E-state index in [9.17, 15) is 0 Å². The Balaban J connectivity index is 1.86. The first-order valence-electron chi connectivity index (χ1n) is 8.27. The fourth-order valence-corrected chi connectivity index (χ4v) is 3.06. The third kappa shape index (κ3) is 3.68. The quantitative estimate of drug-likeness (QED) is 0.641. The Bertz CT molecular complexity index is 1040. The van der Waals surface area contributed by atoms with Crippen molar-refractivity contribution < 1.29 is 4.74 Å². The van der Waals surface area contributed by atoms with Crippen LogP contribution in [0, 0.1) is 0 Å². The second-order valence-corrected chi connectivity index (χ2v) is 6.80. The van der Waals surface area contributed by atoms with Crippen molar-refractivity contribution in [2.24, 2.45) is 10.1 Å². The minimum atomic E-state index is 0.641. The van der Waals surface area contributed by atoms with Gasteiger partial charge < -0.3 is 4.74 Å². The summed E-state index contributed by atoms with van der Waals surface area (Å²) >= 11 is 12.0. The van der Waals surface area contributed by atoms with Crippen molar-refractivity contribution in [3.05, 3.63) is 93.5 Å². The summed E-state index contributed by atoms with van der Waals surface area (Å²) in [5.74, 6) is 1.38. The largest absolute Gasteiger partial charge is 0.497 e. The van der Waals surface area contributed by atoms with Crippen molar-refractivity contribution >= 4 is 40.4 Å². The van der Waals surface area contributed by atoms with E-state index in [2.05, 4.69) is 10.5 Å². The molecule has 3 aromatic rings. The molecule has 1 aliphatic heterocycles. The zero-order chi connectivity index (χ0) is 18.8. The van der Waals surface area contributed by atoms with Crippen LogP contribution in [0.4, 0.5) is 5.69 Å². The molecule has 4 rings (SSSR count). The lowest BCUT2D eigenvalue weighted by molar-refractivity contribution is 0.415. The van der Waals surface area contributed by atoms with Gasteiger partial charge in [-0.25, -0.2) is 4.99 Å². The minimum absolute atomic E-state index is 0.641. The number of hydrogen-bond acceptors (Lipinski definition) is 4. The van der Waals surface area contributed by atoms with Crippen molar-refractivity contribution in [2.75, 3.05) is 7.11 Å². The molecule has 0 amide bonds. The second-order valence-electron chi connectivity index (χ2n) is 5.93. The third-order valence-electron chi connectivity index (χ3n) is 4.20. The number of amidine groups is 1. The van der Waals surface area contributed by atoms with Crippen molar-refractivity contribution in [1.29, 1.82) is 0 Å². The molecule has 4 nitrogen and oxygen atoms in total. The monoisotopic (exact) mass is 395 g/mol. The number of ether oxygens (including phenoxy) is 1. The van der Waals surface area contributed by atoms with Crippen molar-refractivity contribution in [3.63, 3.8) is 0 Å². The zero-order valence-electron chi connectivity index (χ0n) is 14.4. The Labute approximate surface area is 167 Å². The number of hydrogen-bond donors (Lipinski definition) is 1. The van der Waals surface area contributed by atoms with Crippen LogP contribution in [-0.2, 0) is 0 Å². The number of benzene rings is 3. The van der Waals surface area contributed by atoms with Crippen LogP contribution in [0.15, 0.2) is 76.8 Å². The molecule has 0 saturated carbocycles. The van der Waals surface area contributed by atoms with Gasteiger partial charge in [0.15, 0.2) is 5.84 Å². The average Bonchev–Trinajstić information content (AvgIpc) is 2.88. The normalized spacial score (nSPS) is 13.0. The van der Waals surface area contributed by atoms with Gasteiger partial charge in [-0.15, -0.1) is 0 Å². The van der Waals surface area contributed by atoms with Gasteiger partial charge in [0.2, 0.25) is 0 Å². The van der Waals surface area contributed by atoms with Crippen molar-refractivity contribution in [2.45, 2.75) is 0 Å². The number of nitrogens with zero attached hydrogens (tertiary/aromatic N) is 2. The van der Waals surface area contributed by atoms with Crippen LogP contribution in [0.25, 0.3) is 0 Å². The van der Waals surface area contributed by atoms with Gasteiger partial charge in [0.25, 0.3) is 0 Å². The average molecular weight is 396 g/mol. The molecule has 134 valence electrons. The van der Waals surface area contributed by atoms with E-state index in [0.29, 0.717) is 15.9 Å². The number of hydrazone groups is 1. The van der Waals surface area contributed by atoms with Gasteiger partial charge in [0.1, 0.15) is 11.5 Å². The molecule has 0 unspecified atom stereocenters. The van der Waals surface area contributed by atoms with E-state index in [1.807, 2.05) is 66.7 Å². The molecular weight excluding hydrogens is 381 g/mol. The van der Waals surface area contributed by atoms with Gasteiger partial charge >= 0.3 is 0 Å². The van der Waals surface area contributed by atoms with Crippen LogP contribution in [0.3, 0.4) is 0 Å². The van der Waals surface area contributed by atoms with Crippen LogP contribution in [0.1, 0.15) is 16.7 Å². The molecule has 0 radical (unpaired) electrons. The molecule has 3 aromatic carbocycles. The van der Waals surface area contributed by atoms with E-state index in [4.69, 9.17) is 32.9 Å². The fourth-order valence-electron chi connectivity index (χ4n) is 2.81. The summed E-state index contributed by atoms with van der Waals surface area (Å²) in [6.07, 6.45) is 0. The summed E-state index contributed by atoms with van der Waals surface area (Å²) in [6, 6.07) is 20.7. The highest BCUT2D eigenvalue weighted by molar-refractivity contribution is 6.31. The number of aliphatic imine (C=N–C) groups is 1.